The van der Waals surface area contributed by atoms with Crippen molar-refractivity contribution in [2.45, 2.75) is 12.8 Å². The summed E-state index contributed by atoms with van der Waals surface area (Å²) in [7, 11) is 0. The van der Waals surface area contributed by atoms with E-state index >= 15 is 0 Å². The summed E-state index contributed by atoms with van der Waals surface area (Å²) in [5, 5.41) is 13.6. The zero-order valence-electron chi connectivity index (χ0n) is 14.7. The van der Waals surface area contributed by atoms with Gasteiger partial charge in [0.2, 0.25) is 11.7 Å². The number of nitrogens with one attached hydrogen (secondary N) is 2. The van der Waals surface area contributed by atoms with Crippen LogP contribution in [0.3, 0.4) is 0 Å². The lowest BCUT2D eigenvalue weighted by Crippen LogP contribution is -2.14. The predicted octanol–water partition coefficient (Wildman–Crippen LogP) is 4.68. The second kappa shape index (κ2) is 10.1. The Morgan fingerprint density at radius 3 is 2.76 bits per heavy atom. The number of aryl methyl sites for hydroxylation is 1. The van der Waals surface area contributed by atoms with Gasteiger partial charge in [-0.3, -0.25) is 9.73 Å². The lowest BCUT2D eigenvalue weighted by atomic mass is 10.1. The van der Waals surface area contributed by atoms with Crippen molar-refractivity contribution in [1.29, 1.82) is 0 Å². The van der Waals surface area contributed by atoms with Gasteiger partial charge in [0.05, 0.1) is 10.2 Å². The molecule has 0 saturated carbocycles. The van der Waals surface area contributed by atoms with Crippen LogP contribution in [0.5, 0.6) is 0 Å². The minimum atomic E-state index is -0.395. The van der Waals surface area contributed by atoms with Crippen molar-refractivity contribution < 1.29 is 18.8 Å². The average molecular weight is 527 g/mol. The Kier molecular flexibility index (Phi) is 7.30. The molecule has 0 unspecified atom stereocenters. The smallest absolute Gasteiger partial charge is 0.226 e. The molecule has 0 bridgehead atoms. The third-order valence-electron chi connectivity index (χ3n) is 3.64. The van der Waals surface area contributed by atoms with E-state index in [1.54, 1.807) is 0 Å². The van der Waals surface area contributed by atoms with E-state index in [0.717, 1.165) is 10.0 Å². The van der Waals surface area contributed by atoms with E-state index in [2.05, 4.69) is 62.8 Å². The second-order valence-electron chi connectivity index (χ2n) is 5.73. The number of aromatic nitrogens is 2. The van der Waals surface area contributed by atoms with Crippen LogP contribution in [0.2, 0.25) is 0 Å². The van der Waals surface area contributed by atoms with Gasteiger partial charge in [-0.05, 0) is 68.6 Å². The van der Waals surface area contributed by atoms with E-state index in [4.69, 9.17) is 4.94 Å². The molecule has 1 aromatic heterocycles. The number of anilines is 2. The Balaban J connectivity index is 1.49. The number of hydrogen-bond donors (Lipinski definition) is 2. The minimum Gasteiger partial charge on any atom is -0.306 e. The molecule has 0 aliphatic heterocycles. The summed E-state index contributed by atoms with van der Waals surface area (Å²) in [5.74, 6) is -0.510. The number of nitrogens with zero attached hydrogens (tertiary/aromatic N) is 3. The molecular formula is C18H14Br2FN5O3. The second-order valence-corrected chi connectivity index (χ2v) is 7.50. The van der Waals surface area contributed by atoms with Crippen LogP contribution in [-0.2, 0) is 16.2 Å². The van der Waals surface area contributed by atoms with Gasteiger partial charge in [0.15, 0.2) is 5.69 Å². The van der Waals surface area contributed by atoms with Gasteiger partial charge < -0.3 is 5.32 Å². The lowest BCUT2D eigenvalue weighted by Gasteiger charge is -2.03. The largest absolute Gasteiger partial charge is 0.306 e. The molecular weight excluding hydrogens is 513 g/mol. The molecule has 8 nitrogen and oxygen atoms in total. The highest BCUT2D eigenvalue weighted by Gasteiger charge is 2.12. The Morgan fingerprint density at radius 2 is 2.00 bits per heavy atom. The Bertz CT molecular complexity index is 1010. The molecule has 2 N–H and O–H groups in total. The normalized spacial score (nSPS) is 10.9. The molecule has 1 amide bonds. The average Bonchev–Trinajstić information content (AvgIpc) is 3.14. The maximum absolute atomic E-state index is 13.2. The van der Waals surface area contributed by atoms with E-state index in [1.807, 2.05) is 24.3 Å². The van der Waals surface area contributed by atoms with Crippen molar-refractivity contribution >= 4 is 55.5 Å². The van der Waals surface area contributed by atoms with Crippen molar-refractivity contribution in [3.05, 3.63) is 68.5 Å². The number of rotatable bonds is 8. The van der Waals surface area contributed by atoms with Crippen LogP contribution < -0.4 is 10.8 Å². The molecule has 29 heavy (non-hydrogen) atoms. The molecule has 1 heterocycles. The highest BCUT2D eigenvalue weighted by atomic mass is 79.9. The van der Waals surface area contributed by atoms with Gasteiger partial charge in [-0.15, -0.1) is 0 Å². The number of hydrogen-bond acceptors (Lipinski definition) is 7. The Hall–Kier alpha value is -2.79. The van der Waals surface area contributed by atoms with Crippen LogP contribution in [0.15, 0.2) is 61.2 Å². The summed E-state index contributed by atoms with van der Waals surface area (Å²) >= 11 is 6.44. The van der Waals surface area contributed by atoms with Crippen LogP contribution in [0.1, 0.15) is 17.7 Å². The van der Waals surface area contributed by atoms with Crippen LogP contribution in [0, 0.1) is 5.82 Å². The van der Waals surface area contributed by atoms with Crippen molar-refractivity contribution in [3.8, 4) is 0 Å². The number of halogens is 3. The quantitative estimate of drug-likeness (QED) is 0.326. The molecule has 0 atom stereocenters. The highest BCUT2D eigenvalue weighted by Crippen LogP contribution is 2.20. The number of amides is 1. The molecule has 11 heteroatoms. The third-order valence-corrected chi connectivity index (χ3v) is 4.77. The van der Waals surface area contributed by atoms with Crippen LogP contribution >= 0.6 is 31.9 Å². The van der Waals surface area contributed by atoms with Gasteiger partial charge in [-0.1, -0.05) is 33.2 Å². The monoisotopic (exact) mass is 525 g/mol. The highest BCUT2D eigenvalue weighted by molar-refractivity contribution is 9.10. The first-order valence-electron chi connectivity index (χ1n) is 8.28. The number of carbonyl (C=O) groups is 1. The van der Waals surface area contributed by atoms with Crippen molar-refractivity contribution in [3.63, 3.8) is 0 Å². The molecule has 0 radical (unpaired) electrons. The summed E-state index contributed by atoms with van der Waals surface area (Å²) in [6.07, 6.45) is 2.06. The molecule has 150 valence electrons. The third kappa shape index (κ3) is 6.36. The molecule has 3 aromatic rings. The van der Waals surface area contributed by atoms with E-state index < -0.39 is 5.82 Å². The van der Waals surface area contributed by atoms with Crippen LogP contribution in [-0.4, -0.2) is 22.4 Å². The minimum absolute atomic E-state index is 0.127. The van der Waals surface area contributed by atoms with Crippen LogP contribution in [0.25, 0.3) is 0 Å². The summed E-state index contributed by atoms with van der Waals surface area (Å²) < 4.78 is 19.1. The summed E-state index contributed by atoms with van der Waals surface area (Å²) in [6, 6.07) is 11.9. The first-order chi connectivity index (χ1) is 14.0. The van der Waals surface area contributed by atoms with E-state index in [1.165, 1.54) is 24.4 Å². The van der Waals surface area contributed by atoms with Crippen molar-refractivity contribution in [2.24, 2.45) is 5.16 Å². The number of carbonyl (C=O) groups excluding carboxylic acids is 1. The molecule has 0 fully saturated rings. The predicted molar refractivity (Wildman–Crippen MR) is 112 cm³/mol. The van der Waals surface area contributed by atoms with E-state index in [-0.39, 0.29) is 28.3 Å². The number of oxime groups is 1. The molecule has 2 aromatic carbocycles. The lowest BCUT2D eigenvalue weighted by molar-refractivity contribution is -0.116. The molecule has 0 aliphatic rings. The molecule has 0 spiro atoms. The zero-order valence-corrected chi connectivity index (χ0v) is 17.9. The Labute approximate surface area is 181 Å². The molecule has 0 aliphatic carbocycles. The van der Waals surface area contributed by atoms with Gasteiger partial charge >= 0.3 is 0 Å². The first kappa shape index (κ1) is 20.9. The molecule has 0 saturated heterocycles. The van der Waals surface area contributed by atoms with Gasteiger partial charge in [0.1, 0.15) is 12.0 Å². The fourth-order valence-electron chi connectivity index (χ4n) is 2.19. The Morgan fingerprint density at radius 1 is 1.21 bits per heavy atom. The van der Waals surface area contributed by atoms with Crippen LogP contribution in [0.4, 0.5) is 15.9 Å². The fraction of sp³-hybridized carbons (Fsp3) is 0.111. The fourth-order valence-corrected chi connectivity index (χ4v) is 2.83. The summed E-state index contributed by atoms with van der Waals surface area (Å²) in [4.78, 5) is 17.0. The standard InChI is InChI=1S/C18H14Br2FN5O3/c19-12-4-1-11(2-5-12)3-8-17(27)23-18-16(25-29-26-18)10-22-28-24-13-6-7-15(21)14(20)9-13/h1-2,4-7,9-10,24H,3,8H2,(H,23,26,27)/b22-10+. The topological polar surface area (TPSA) is 102 Å². The van der Waals surface area contributed by atoms with Gasteiger partial charge in [0, 0.05) is 10.9 Å². The molecule has 3 rings (SSSR count). The van der Waals surface area contributed by atoms with Gasteiger partial charge in [0.25, 0.3) is 0 Å². The zero-order chi connectivity index (χ0) is 20.6. The summed E-state index contributed by atoms with van der Waals surface area (Å²) in [6.45, 7) is 0. The van der Waals surface area contributed by atoms with Gasteiger partial charge in [-0.2, -0.15) is 5.48 Å². The van der Waals surface area contributed by atoms with Crippen molar-refractivity contribution in [2.75, 3.05) is 10.8 Å². The first-order valence-corrected chi connectivity index (χ1v) is 9.87. The van der Waals surface area contributed by atoms with Crippen molar-refractivity contribution in [1.82, 2.24) is 10.3 Å². The maximum atomic E-state index is 13.2. The summed E-state index contributed by atoms with van der Waals surface area (Å²) in [5.41, 5.74) is 4.22. The maximum Gasteiger partial charge on any atom is 0.226 e. The SMILES string of the molecule is O=C(CCc1ccc(Br)cc1)Nc1nonc1/C=N/ONc1ccc(F)c(Br)c1. The number of benzene rings is 2. The van der Waals surface area contributed by atoms with E-state index in [0.29, 0.717) is 12.1 Å². The van der Waals surface area contributed by atoms with Gasteiger partial charge in [-0.25, -0.2) is 9.02 Å². The van der Waals surface area contributed by atoms with E-state index in [9.17, 15) is 9.18 Å².